The molecule has 28 heavy (non-hydrogen) atoms. The maximum absolute atomic E-state index is 9.80. The molecule has 0 bridgehead atoms. The second-order valence-electron chi connectivity index (χ2n) is 7.66. The van der Waals surface area contributed by atoms with Gasteiger partial charge in [0, 0.05) is 43.5 Å². The highest BCUT2D eigenvalue weighted by Gasteiger charge is 2.25. The van der Waals surface area contributed by atoms with Crippen molar-refractivity contribution in [2.45, 2.75) is 45.8 Å². The van der Waals surface area contributed by atoms with Gasteiger partial charge in [0.2, 0.25) is 0 Å². The van der Waals surface area contributed by atoms with Crippen molar-refractivity contribution < 1.29 is 9.63 Å². The summed E-state index contributed by atoms with van der Waals surface area (Å²) in [4.78, 5) is 7.42. The summed E-state index contributed by atoms with van der Waals surface area (Å²) in [6, 6.07) is 6.12. The summed E-state index contributed by atoms with van der Waals surface area (Å²) in [5, 5.41) is 18.4. The fourth-order valence-corrected chi connectivity index (χ4v) is 4.11. The number of piperidine rings is 1. The van der Waals surface area contributed by atoms with Crippen LogP contribution in [0.4, 0.5) is 0 Å². The summed E-state index contributed by atoms with van der Waals surface area (Å²) < 4.78 is 7.18. The van der Waals surface area contributed by atoms with Crippen molar-refractivity contribution in [3.8, 4) is 11.3 Å². The van der Waals surface area contributed by atoms with Crippen molar-refractivity contribution in [2.75, 3.05) is 13.1 Å². The number of rotatable bonds is 5. The number of pyridine rings is 1. The smallest absolute Gasteiger partial charge is 0.143 e. The van der Waals surface area contributed by atoms with E-state index in [-0.39, 0.29) is 6.61 Å². The van der Waals surface area contributed by atoms with Crippen LogP contribution in [0, 0.1) is 13.8 Å². The molecule has 0 aromatic carbocycles. The van der Waals surface area contributed by atoms with Gasteiger partial charge in [0.05, 0.1) is 29.3 Å². The molecule has 1 atom stereocenters. The molecule has 1 aliphatic heterocycles. The van der Waals surface area contributed by atoms with Crippen LogP contribution in [0.15, 0.2) is 28.9 Å². The molecule has 4 heterocycles. The highest BCUT2D eigenvalue weighted by molar-refractivity contribution is 5.67. The Balaban J connectivity index is 1.59. The minimum Gasteiger partial charge on any atom is -0.392 e. The first kappa shape index (κ1) is 18.8. The van der Waals surface area contributed by atoms with Gasteiger partial charge in [0.25, 0.3) is 0 Å². The molecule has 4 rings (SSSR count). The van der Waals surface area contributed by atoms with Gasteiger partial charge in [-0.2, -0.15) is 5.10 Å². The zero-order valence-electron chi connectivity index (χ0n) is 16.7. The van der Waals surface area contributed by atoms with Crippen LogP contribution in [0.1, 0.15) is 47.2 Å². The van der Waals surface area contributed by atoms with Crippen LogP contribution in [0.2, 0.25) is 0 Å². The molecule has 1 aliphatic rings. The SMILES string of the molecule is Cc1noc(C)c1-c1nc(C2CCCN(Cc3ccn(C)n3)C2)ccc1CO. The van der Waals surface area contributed by atoms with E-state index in [2.05, 4.69) is 27.3 Å². The second kappa shape index (κ2) is 7.85. The minimum absolute atomic E-state index is 0.0524. The quantitative estimate of drug-likeness (QED) is 0.732. The summed E-state index contributed by atoms with van der Waals surface area (Å²) in [6.07, 6.45) is 4.24. The largest absolute Gasteiger partial charge is 0.392 e. The third-order valence-electron chi connectivity index (χ3n) is 5.52. The van der Waals surface area contributed by atoms with E-state index in [0.717, 1.165) is 72.1 Å². The highest BCUT2D eigenvalue weighted by Crippen LogP contribution is 2.32. The van der Waals surface area contributed by atoms with Gasteiger partial charge < -0.3 is 9.63 Å². The number of hydrogen-bond acceptors (Lipinski definition) is 6. The zero-order chi connectivity index (χ0) is 19.7. The number of aliphatic hydroxyl groups excluding tert-OH is 1. The van der Waals surface area contributed by atoms with Crippen molar-refractivity contribution in [2.24, 2.45) is 7.05 Å². The Labute approximate surface area is 165 Å². The molecule has 7 heteroatoms. The molecule has 1 saturated heterocycles. The monoisotopic (exact) mass is 381 g/mol. The summed E-state index contributed by atoms with van der Waals surface area (Å²) >= 11 is 0. The van der Waals surface area contributed by atoms with Crippen LogP contribution in [-0.4, -0.2) is 43.0 Å². The van der Waals surface area contributed by atoms with Crippen LogP contribution >= 0.6 is 0 Å². The van der Waals surface area contributed by atoms with Gasteiger partial charge in [-0.05, 0) is 45.4 Å². The van der Waals surface area contributed by atoms with Gasteiger partial charge in [0.1, 0.15) is 5.76 Å². The number of aryl methyl sites for hydroxylation is 3. The lowest BCUT2D eigenvalue weighted by molar-refractivity contribution is 0.196. The average molecular weight is 381 g/mol. The van der Waals surface area contributed by atoms with Crippen LogP contribution in [-0.2, 0) is 20.2 Å². The Morgan fingerprint density at radius 3 is 2.79 bits per heavy atom. The fraction of sp³-hybridized carbons (Fsp3) is 0.476. The predicted molar refractivity (Wildman–Crippen MR) is 106 cm³/mol. The fourth-order valence-electron chi connectivity index (χ4n) is 4.11. The molecular weight excluding hydrogens is 354 g/mol. The molecule has 148 valence electrons. The number of hydrogen-bond donors (Lipinski definition) is 1. The normalized spacial score (nSPS) is 17.9. The van der Waals surface area contributed by atoms with Crippen LogP contribution < -0.4 is 0 Å². The van der Waals surface area contributed by atoms with Gasteiger partial charge in [-0.25, -0.2) is 0 Å². The van der Waals surface area contributed by atoms with E-state index in [1.165, 1.54) is 0 Å². The lowest BCUT2D eigenvalue weighted by Gasteiger charge is -2.32. The molecule has 7 nitrogen and oxygen atoms in total. The maximum Gasteiger partial charge on any atom is 0.143 e. The molecule has 0 aliphatic carbocycles. The number of likely N-dealkylation sites (tertiary alicyclic amines) is 1. The van der Waals surface area contributed by atoms with Crippen molar-refractivity contribution in [3.63, 3.8) is 0 Å². The Morgan fingerprint density at radius 2 is 2.11 bits per heavy atom. The van der Waals surface area contributed by atoms with E-state index in [1.807, 2.05) is 37.8 Å². The van der Waals surface area contributed by atoms with Gasteiger partial charge in [-0.3, -0.25) is 14.6 Å². The topological polar surface area (TPSA) is 80.2 Å². The second-order valence-corrected chi connectivity index (χ2v) is 7.66. The third-order valence-corrected chi connectivity index (χ3v) is 5.52. The average Bonchev–Trinajstić information content (AvgIpc) is 3.26. The molecular formula is C21H27N5O2. The standard InChI is InChI=1S/C21H27N5O2/c1-14-20(15(2)28-24-14)21-17(13-27)6-7-19(22-21)16-5-4-9-26(11-16)12-18-8-10-25(3)23-18/h6-8,10,16,27H,4-5,9,11-13H2,1-3H3. The first-order chi connectivity index (χ1) is 13.5. The summed E-state index contributed by atoms with van der Waals surface area (Å²) in [5.41, 5.74) is 5.46. The molecule has 0 saturated carbocycles. The molecule has 0 radical (unpaired) electrons. The zero-order valence-corrected chi connectivity index (χ0v) is 16.7. The van der Waals surface area contributed by atoms with E-state index in [0.29, 0.717) is 5.92 Å². The first-order valence-corrected chi connectivity index (χ1v) is 9.80. The van der Waals surface area contributed by atoms with Crippen LogP contribution in [0.5, 0.6) is 0 Å². The van der Waals surface area contributed by atoms with Crippen molar-refractivity contribution in [3.05, 3.63) is 52.8 Å². The molecule has 1 N–H and O–H groups in total. The highest BCUT2D eigenvalue weighted by atomic mass is 16.5. The summed E-state index contributed by atoms with van der Waals surface area (Å²) in [7, 11) is 1.95. The Kier molecular flexibility index (Phi) is 5.28. The number of nitrogens with zero attached hydrogens (tertiary/aromatic N) is 5. The van der Waals surface area contributed by atoms with Crippen molar-refractivity contribution in [1.29, 1.82) is 0 Å². The van der Waals surface area contributed by atoms with Crippen LogP contribution in [0.25, 0.3) is 11.3 Å². The minimum atomic E-state index is -0.0524. The number of aromatic nitrogens is 4. The number of aliphatic hydroxyl groups is 1. The van der Waals surface area contributed by atoms with Gasteiger partial charge in [0.15, 0.2) is 0 Å². The van der Waals surface area contributed by atoms with E-state index in [9.17, 15) is 5.11 Å². The Bertz CT molecular complexity index is 942. The van der Waals surface area contributed by atoms with Crippen molar-refractivity contribution in [1.82, 2.24) is 24.8 Å². The summed E-state index contributed by atoms with van der Waals surface area (Å²) in [6.45, 7) is 6.66. The molecule has 0 spiro atoms. The molecule has 3 aromatic rings. The molecule has 1 fully saturated rings. The third kappa shape index (κ3) is 3.72. The van der Waals surface area contributed by atoms with Gasteiger partial charge in [-0.1, -0.05) is 11.2 Å². The lowest BCUT2D eigenvalue weighted by atomic mass is 9.93. The molecule has 3 aromatic heterocycles. The van der Waals surface area contributed by atoms with Gasteiger partial charge in [-0.15, -0.1) is 0 Å². The van der Waals surface area contributed by atoms with E-state index < -0.39 is 0 Å². The van der Waals surface area contributed by atoms with Crippen LogP contribution in [0.3, 0.4) is 0 Å². The summed E-state index contributed by atoms with van der Waals surface area (Å²) in [5.74, 6) is 1.10. The maximum atomic E-state index is 9.80. The molecule has 0 amide bonds. The lowest BCUT2D eigenvalue weighted by Crippen LogP contribution is -2.34. The molecule has 1 unspecified atom stereocenters. The first-order valence-electron chi connectivity index (χ1n) is 9.80. The van der Waals surface area contributed by atoms with Crippen molar-refractivity contribution >= 4 is 0 Å². The van der Waals surface area contributed by atoms with E-state index >= 15 is 0 Å². The van der Waals surface area contributed by atoms with E-state index in [1.54, 1.807) is 0 Å². The predicted octanol–water partition coefficient (Wildman–Crippen LogP) is 2.96. The Hall–Kier alpha value is -2.51. The Morgan fingerprint density at radius 1 is 1.25 bits per heavy atom. The van der Waals surface area contributed by atoms with E-state index in [4.69, 9.17) is 9.51 Å². The van der Waals surface area contributed by atoms with Gasteiger partial charge >= 0.3 is 0 Å².